The summed E-state index contributed by atoms with van der Waals surface area (Å²) in [6.07, 6.45) is 4.27. The van der Waals surface area contributed by atoms with Crippen LogP contribution in [0.1, 0.15) is 25.7 Å². The van der Waals surface area contributed by atoms with Crippen molar-refractivity contribution >= 4 is 15.7 Å². The Hall–Kier alpha value is -1.11. The van der Waals surface area contributed by atoms with Crippen LogP contribution in [-0.2, 0) is 10.0 Å². The summed E-state index contributed by atoms with van der Waals surface area (Å²) in [7, 11) is -1.29. The molecule has 3 rings (SSSR count). The van der Waals surface area contributed by atoms with Gasteiger partial charge in [-0.15, -0.1) is 0 Å². The minimum atomic E-state index is -3.41. The van der Waals surface area contributed by atoms with Crippen molar-refractivity contribution in [3.63, 3.8) is 0 Å². The number of likely N-dealkylation sites (tertiary alicyclic amines) is 1. The summed E-state index contributed by atoms with van der Waals surface area (Å²) < 4.78 is 27.6. The molecule has 0 bridgehead atoms. The van der Waals surface area contributed by atoms with Gasteiger partial charge in [-0.25, -0.2) is 13.1 Å². The zero-order chi connectivity index (χ0) is 14.9. The van der Waals surface area contributed by atoms with Crippen LogP contribution in [0.3, 0.4) is 0 Å². The molecule has 1 unspecified atom stereocenters. The van der Waals surface area contributed by atoms with Gasteiger partial charge in [-0.1, -0.05) is 12.1 Å². The molecule has 1 aliphatic heterocycles. The predicted molar refractivity (Wildman–Crippen MR) is 83.9 cm³/mol. The second kappa shape index (κ2) is 5.94. The monoisotopic (exact) mass is 309 g/mol. The summed E-state index contributed by atoms with van der Waals surface area (Å²) in [4.78, 5) is 2.68. The first kappa shape index (κ1) is 14.8. The maximum Gasteiger partial charge on any atom is 0.242 e. The number of benzene rings is 1. The Kier molecular flexibility index (Phi) is 4.19. The molecule has 116 valence electrons. The average Bonchev–Trinajstić information content (AvgIpc) is 3.16. The molecule has 0 amide bonds. The highest BCUT2D eigenvalue weighted by atomic mass is 32.2. The highest BCUT2D eigenvalue weighted by Gasteiger charge is 2.29. The van der Waals surface area contributed by atoms with Gasteiger partial charge in [0.05, 0.1) is 5.69 Å². The smallest absolute Gasteiger partial charge is 0.242 e. The molecule has 0 aromatic heterocycles. The molecule has 5 nitrogen and oxygen atoms in total. The molecule has 1 aromatic carbocycles. The number of sulfonamides is 1. The molecule has 0 spiro atoms. The molecule has 0 radical (unpaired) electrons. The first-order chi connectivity index (χ1) is 10.1. The fourth-order valence-corrected chi connectivity index (χ4v) is 4.28. The number of para-hydroxylation sites is 1. The summed E-state index contributed by atoms with van der Waals surface area (Å²) in [6, 6.07) is 7.77. The molecule has 1 atom stereocenters. The summed E-state index contributed by atoms with van der Waals surface area (Å²) in [5, 5.41) is 3.32. The summed E-state index contributed by atoms with van der Waals surface area (Å²) >= 11 is 0. The minimum absolute atomic E-state index is 0.129. The molecule has 1 saturated carbocycles. The van der Waals surface area contributed by atoms with Crippen LogP contribution in [0.25, 0.3) is 0 Å². The zero-order valence-electron chi connectivity index (χ0n) is 12.4. The molecule has 1 heterocycles. The van der Waals surface area contributed by atoms with Crippen molar-refractivity contribution in [2.45, 2.75) is 42.7 Å². The van der Waals surface area contributed by atoms with E-state index < -0.39 is 10.0 Å². The number of hydrogen-bond acceptors (Lipinski definition) is 4. The lowest BCUT2D eigenvalue weighted by atomic mass is 10.2. The fraction of sp³-hybridized carbons (Fsp3) is 0.600. The van der Waals surface area contributed by atoms with Gasteiger partial charge in [0.25, 0.3) is 0 Å². The van der Waals surface area contributed by atoms with Crippen LogP contribution in [0.15, 0.2) is 29.2 Å². The molecular formula is C15H23N3O2S. The SMILES string of the molecule is CN1CCCC1CNc1ccccc1S(=O)(=O)NC1CC1. The van der Waals surface area contributed by atoms with Crippen LogP contribution < -0.4 is 10.0 Å². The Morgan fingerprint density at radius 1 is 1.24 bits per heavy atom. The highest BCUT2D eigenvalue weighted by Crippen LogP contribution is 2.26. The van der Waals surface area contributed by atoms with E-state index in [0.29, 0.717) is 16.6 Å². The first-order valence-electron chi connectivity index (χ1n) is 7.62. The topological polar surface area (TPSA) is 61.4 Å². The lowest BCUT2D eigenvalue weighted by Crippen LogP contribution is -2.32. The molecular weight excluding hydrogens is 286 g/mol. The van der Waals surface area contributed by atoms with Crippen molar-refractivity contribution in [1.82, 2.24) is 9.62 Å². The van der Waals surface area contributed by atoms with E-state index in [1.807, 2.05) is 12.1 Å². The van der Waals surface area contributed by atoms with Crippen LogP contribution in [-0.4, -0.2) is 45.5 Å². The normalized spacial score (nSPS) is 23.4. The van der Waals surface area contributed by atoms with Crippen molar-refractivity contribution in [2.24, 2.45) is 0 Å². The van der Waals surface area contributed by atoms with Gasteiger partial charge < -0.3 is 10.2 Å². The van der Waals surface area contributed by atoms with E-state index in [1.54, 1.807) is 12.1 Å². The van der Waals surface area contributed by atoms with E-state index in [-0.39, 0.29) is 6.04 Å². The van der Waals surface area contributed by atoms with Gasteiger partial charge in [-0.2, -0.15) is 0 Å². The van der Waals surface area contributed by atoms with Gasteiger partial charge in [0.2, 0.25) is 10.0 Å². The molecule has 2 aliphatic rings. The van der Waals surface area contributed by atoms with Gasteiger partial charge in [-0.3, -0.25) is 0 Å². The van der Waals surface area contributed by atoms with Crippen LogP contribution in [0.4, 0.5) is 5.69 Å². The molecule has 1 aliphatic carbocycles. The van der Waals surface area contributed by atoms with Crippen LogP contribution in [0.5, 0.6) is 0 Å². The third-order valence-corrected chi connectivity index (χ3v) is 5.85. The molecule has 6 heteroatoms. The van der Waals surface area contributed by atoms with Gasteiger partial charge in [-0.05, 0) is 51.4 Å². The maximum absolute atomic E-state index is 12.4. The van der Waals surface area contributed by atoms with E-state index in [0.717, 1.165) is 25.9 Å². The standard InChI is InChI=1S/C15H23N3O2S/c1-18-10-4-5-13(18)11-16-14-6-2-3-7-15(14)21(19,20)17-12-8-9-12/h2-3,6-7,12-13,16-17H,4-5,8-11H2,1H3. The Morgan fingerprint density at radius 2 is 2.00 bits per heavy atom. The van der Waals surface area contributed by atoms with Crippen LogP contribution >= 0.6 is 0 Å². The lowest BCUT2D eigenvalue weighted by molar-refractivity contribution is 0.322. The second-order valence-corrected chi connectivity index (χ2v) is 7.73. The Balaban J connectivity index is 1.72. The van der Waals surface area contributed by atoms with Crippen molar-refractivity contribution in [3.8, 4) is 0 Å². The van der Waals surface area contributed by atoms with Crippen molar-refractivity contribution < 1.29 is 8.42 Å². The van der Waals surface area contributed by atoms with E-state index >= 15 is 0 Å². The predicted octanol–water partition coefficient (Wildman–Crippen LogP) is 1.63. The van der Waals surface area contributed by atoms with Crippen LogP contribution in [0, 0.1) is 0 Å². The number of rotatable bonds is 6. The maximum atomic E-state index is 12.4. The van der Waals surface area contributed by atoms with Crippen LogP contribution in [0.2, 0.25) is 0 Å². The lowest BCUT2D eigenvalue weighted by Gasteiger charge is -2.21. The van der Waals surface area contributed by atoms with Crippen molar-refractivity contribution in [2.75, 3.05) is 25.5 Å². The van der Waals surface area contributed by atoms with E-state index in [1.165, 1.54) is 12.8 Å². The molecule has 2 N–H and O–H groups in total. The molecule has 2 fully saturated rings. The fourth-order valence-electron chi connectivity index (χ4n) is 2.80. The van der Waals surface area contributed by atoms with E-state index in [4.69, 9.17) is 0 Å². The average molecular weight is 309 g/mol. The quantitative estimate of drug-likeness (QED) is 0.838. The summed E-state index contributed by atoms with van der Waals surface area (Å²) in [6.45, 7) is 1.90. The first-order valence-corrected chi connectivity index (χ1v) is 9.10. The molecule has 1 aromatic rings. The number of nitrogens with one attached hydrogen (secondary N) is 2. The Labute approximate surface area is 126 Å². The molecule has 1 saturated heterocycles. The van der Waals surface area contributed by atoms with Crippen molar-refractivity contribution in [1.29, 1.82) is 0 Å². The Bertz CT molecular complexity index is 599. The van der Waals surface area contributed by atoms with E-state index in [9.17, 15) is 8.42 Å². The largest absolute Gasteiger partial charge is 0.382 e. The Morgan fingerprint density at radius 3 is 2.67 bits per heavy atom. The number of hydrogen-bond donors (Lipinski definition) is 2. The van der Waals surface area contributed by atoms with Gasteiger partial charge in [0.15, 0.2) is 0 Å². The van der Waals surface area contributed by atoms with Crippen molar-refractivity contribution in [3.05, 3.63) is 24.3 Å². The summed E-state index contributed by atoms with van der Waals surface area (Å²) in [5.41, 5.74) is 0.700. The van der Waals surface area contributed by atoms with Gasteiger partial charge in [0.1, 0.15) is 4.90 Å². The third-order valence-electron chi connectivity index (χ3n) is 4.28. The third kappa shape index (κ3) is 3.56. The number of likely N-dealkylation sites (N-methyl/N-ethyl adjacent to an activating group) is 1. The van der Waals surface area contributed by atoms with Gasteiger partial charge in [0, 0.05) is 18.6 Å². The zero-order valence-corrected chi connectivity index (χ0v) is 13.2. The second-order valence-electron chi connectivity index (χ2n) is 6.05. The highest BCUT2D eigenvalue weighted by molar-refractivity contribution is 7.89. The van der Waals surface area contributed by atoms with Gasteiger partial charge >= 0.3 is 0 Å². The van der Waals surface area contributed by atoms with E-state index in [2.05, 4.69) is 22.0 Å². The number of anilines is 1. The molecule has 21 heavy (non-hydrogen) atoms. The summed E-state index contributed by atoms with van der Waals surface area (Å²) in [5.74, 6) is 0. The minimum Gasteiger partial charge on any atom is -0.382 e. The number of nitrogens with zero attached hydrogens (tertiary/aromatic N) is 1.